The number of benzene rings is 1. The van der Waals surface area contributed by atoms with E-state index in [0.29, 0.717) is 17.6 Å². The number of fused-ring (bicyclic) bond motifs is 2. The van der Waals surface area contributed by atoms with E-state index in [9.17, 15) is 9.59 Å². The van der Waals surface area contributed by atoms with Crippen LogP contribution in [0.2, 0.25) is 0 Å². The Balaban J connectivity index is 1.74. The maximum atomic E-state index is 12.5. The Kier molecular flexibility index (Phi) is 2.94. The Morgan fingerprint density at radius 3 is 2.59 bits per heavy atom. The highest BCUT2D eigenvalue weighted by Crippen LogP contribution is 2.25. The lowest BCUT2D eigenvalue weighted by atomic mass is 10.2. The van der Waals surface area contributed by atoms with Gasteiger partial charge in [0.2, 0.25) is 0 Å². The first kappa shape index (κ1) is 13.3. The van der Waals surface area contributed by atoms with E-state index < -0.39 is 0 Å². The fraction of sp³-hybridized carbons (Fsp3) is 0.375. The van der Waals surface area contributed by atoms with Gasteiger partial charge in [-0.05, 0) is 37.5 Å². The van der Waals surface area contributed by atoms with Crippen molar-refractivity contribution < 1.29 is 14.3 Å². The monoisotopic (exact) mass is 297 g/mol. The van der Waals surface area contributed by atoms with Crippen LogP contribution in [0, 0.1) is 6.92 Å². The maximum Gasteiger partial charge on any atom is 0.281 e. The van der Waals surface area contributed by atoms with Crippen molar-refractivity contribution in [3.63, 3.8) is 0 Å². The van der Waals surface area contributed by atoms with Gasteiger partial charge in [-0.3, -0.25) is 14.5 Å². The molecule has 0 bridgehead atoms. The Morgan fingerprint density at radius 2 is 1.91 bits per heavy atom. The van der Waals surface area contributed by atoms with E-state index in [1.165, 1.54) is 4.90 Å². The number of aryl methyl sites for hydroxylation is 1. The third-order valence-electron chi connectivity index (χ3n) is 4.13. The Labute approximate surface area is 127 Å². The lowest BCUT2D eigenvalue weighted by Crippen LogP contribution is -2.36. The highest BCUT2D eigenvalue weighted by Gasteiger charge is 2.40. The first-order chi connectivity index (χ1) is 10.6. The van der Waals surface area contributed by atoms with Gasteiger partial charge in [0.1, 0.15) is 0 Å². The van der Waals surface area contributed by atoms with E-state index in [-0.39, 0.29) is 35.9 Å². The van der Waals surface area contributed by atoms with Crippen LogP contribution in [0.25, 0.3) is 11.0 Å². The Bertz CT molecular complexity index is 797. The molecule has 0 N–H and O–H groups in total. The van der Waals surface area contributed by atoms with Gasteiger partial charge in [0, 0.05) is 6.61 Å². The van der Waals surface area contributed by atoms with E-state index >= 15 is 0 Å². The van der Waals surface area contributed by atoms with Crippen LogP contribution in [0.3, 0.4) is 0 Å². The molecule has 2 aliphatic heterocycles. The molecule has 1 aromatic carbocycles. The van der Waals surface area contributed by atoms with E-state index in [1.807, 2.05) is 25.1 Å². The van der Waals surface area contributed by atoms with Crippen molar-refractivity contribution in [1.82, 2.24) is 14.9 Å². The summed E-state index contributed by atoms with van der Waals surface area (Å²) in [5.74, 6) is -0.739. The SMILES string of the molecule is Cc1ccc2nc3c(nc2c1)C(=O)N(CC1CCCO1)C3=O. The predicted molar refractivity (Wildman–Crippen MR) is 78.6 cm³/mol. The predicted octanol–water partition coefficient (Wildman–Crippen LogP) is 1.71. The molecular weight excluding hydrogens is 282 g/mol. The maximum absolute atomic E-state index is 12.5. The number of hydrogen-bond donors (Lipinski definition) is 0. The van der Waals surface area contributed by atoms with Crippen LogP contribution in [0.15, 0.2) is 18.2 Å². The number of carbonyl (C=O) groups is 2. The molecule has 1 saturated heterocycles. The van der Waals surface area contributed by atoms with Crippen LogP contribution in [0.1, 0.15) is 39.4 Å². The average Bonchev–Trinajstić information content (AvgIpc) is 3.09. The molecule has 1 aromatic heterocycles. The minimum Gasteiger partial charge on any atom is -0.376 e. The molecular formula is C16H15N3O3. The summed E-state index contributed by atoms with van der Waals surface area (Å²) in [6.45, 7) is 2.92. The summed E-state index contributed by atoms with van der Waals surface area (Å²) in [5, 5.41) is 0. The van der Waals surface area contributed by atoms with Gasteiger partial charge >= 0.3 is 0 Å². The number of ether oxygens (including phenoxy) is 1. The van der Waals surface area contributed by atoms with Gasteiger partial charge in [-0.2, -0.15) is 0 Å². The molecule has 6 nitrogen and oxygen atoms in total. The summed E-state index contributed by atoms with van der Waals surface area (Å²) in [6, 6.07) is 5.59. The largest absolute Gasteiger partial charge is 0.376 e. The van der Waals surface area contributed by atoms with E-state index in [0.717, 1.165) is 18.4 Å². The van der Waals surface area contributed by atoms with Crippen molar-refractivity contribution in [2.45, 2.75) is 25.9 Å². The van der Waals surface area contributed by atoms with Crippen LogP contribution >= 0.6 is 0 Å². The van der Waals surface area contributed by atoms with E-state index in [2.05, 4.69) is 9.97 Å². The second-order valence-corrected chi connectivity index (χ2v) is 5.77. The number of hydrogen-bond acceptors (Lipinski definition) is 5. The molecule has 2 aliphatic rings. The molecule has 1 unspecified atom stereocenters. The number of carbonyl (C=O) groups excluding carboxylic acids is 2. The van der Waals surface area contributed by atoms with E-state index in [4.69, 9.17) is 4.74 Å². The quantitative estimate of drug-likeness (QED) is 0.789. The second-order valence-electron chi connectivity index (χ2n) is 5.77. The second kappa shape index (κ2) is 4.84. The molecule has 2 aromatic rings. The van der Waals surface area contributed by atoms with Crippen LogP contribution in [-0.2, 0) is 4.74 Å². The molecule has 0 radical (unpaired) electrons. The van der Waals surface area contributed by atoms with Crippen molar-refractivity contribution in [2.75, 3.05) is 13.2 Å². The normalized spacial score (nSPS) is 21.0. The Morgan fingerprint density at radius 1 is 1.18 bits per heavy atom. The van der Waals surface area contributed by atoms with Crippen molar-refractivity contribution in [3.8, 4) is 0 Å². The third kappa shape index (κ3) is 1.99. The minimum absolute atomic E-state index is 0.0705. The molecule has 6 heteroatoms. The Hall–Kier alpha value is -2.34. The van der Waals surface area contributed by atoms with Crippen LogP contribution < -0.4 is 0 Å². The summed E-state index contributed by atoms with van der Waals surface area (Å²) in [7, 11) is 0. The molecule has 1 fully saturated rings. The summed E-state index contributed by atoms with van der Waals surface area (Å²) in [4.78, 5) is 34.8. The molecule has 2 amide bonds. The van der Waals surface area contributed by atoms with Gasteiger partial charge in [-0.15, -0.1) is 0 Å². The number of rotatable bonds is 2. The fourth-order valence-corrected chi connectivity index (χ4v) is 2.97. The van der Waals surface area contributed by atoms with Gasteiger partial charge in [0.05, 0.1) is 23.7 Å². The van der Waals surface area contributed by atoms with Gasteiger partial charge in [-0.1, -0.05) is 6.07 Å². The van der Waals surface area contributed by atoms with Gasteiger partial charge in [0.25, 0.3) is 11.8 Å². The summed E-state index contributed by atoms with van der Waals surface area (Å²) < 4.78 is 5.52. The topological polar surface area (TPSA) is 72.4 Å². The van der Waals surface area contributed by atoms with Crippen LogP contribution in [-0.4, -0.2) is 45.9 Å². The third-order valence-corrected chi connectivity index (χ3v) is 4.13. The molecule has 22 heavy (non-hydrogen) atoms. The molecule has 0 saturated carbocycles. The molecule has 0 aliphatic carbocycles. The smallest absolute Gasteiger partial charge is 0.281 e. The first-order valence-corrected chi connectivity index (χ1v) is 7.40. The van der Waals surface area contributed by atoms with Gasteiger partial charge in [-0.25, -0.2) is 9.97 Å². The average molecular weight is 297 g/mol. The number of imide groups is 1. The zero-order chi connectivity index (χ0) is 15.3. The van der Waals surface area contributed by atoms with Gasteiger partial charge in [0.15, 0.2) is 11.4 Å². The van der Waals surface area contributed by atoms with Crippen molar-refractivity contribution in [3.05, 3.63) is 35.2 Å². The molecule has 0 spiro atoms. The fourth-order valence-electron chi connectivity index (χ4n) is 2.97. The van der Waals surface area contributed by atoms with Crippen molar-refractivity contribution >= 4 is 22.8 Å². The zero-order valence-corrected chi connectivity index (χ0v) is 12.2. The van der Waals surface area contributed by atoms with Crippen molar-refractivity contribution in [2.24, 2.45) is 0 Å². The summed E-state index contributed by atoms with van der Waals surface area (Å²) >= 11 is 0. The zero-order valence-electron chi connectivity index (χ0n) is 12.2. The van der Waals surface area contributed by atoms with Crippen LogP contribution in [0.4, 0.5) is 0 Å². The van der Waals surface area contributed by atoms with Crippen molar-refractivity contribution in [1.29, 1.82) is 0 Å². The number of amides is 2. The standard InChI is InChI=1S/C16H15N3O3/c1-9-4-5-11-12(7-9)18-14-13(17-11)15(20)19(16(14)21)8-10-3-2-6-22-10/h4-5,7,10H,2-3,6,8H2,1H3. The number of nitrogens with zero attached hydrogens (tertiary/aromatic N) is 3. The number of aromatic nitrogens is 2. The van der Waals surface area contributed by atoms with Crippen LogP contribution in [0.5, 0.6) is 0 Å². The lowest BCUT2D eigenvalue weighted by molar-refractivity contribution is 0.0472. The summed E-state index contributed by atoms with van der Waals surface area (Å²) in [5.41, 5.74) is 2.61. The molecule has 4 rings (SSSR count). The molecule has 3 heterocycles. The molecule has 112 valence electrons. The highest BCUT2D eigenvalue weighted by atomic mass is 16.5. The summed E-state index contributed by atoms with van der Waals surface area (Å²) in [6.07, 6.45) is 1.77. The van der Waals surface area contributed by atoms with E-state index in [1.54, 1.807) is 0 Å². The molecule has 1 atom stereocenters. The van der Waals surface area contributed by atoms with Gasteiger partial charge < -0.3 is 4.74 Å². The minimum atomic E-state index is -0.370. The highest BCUT2D eigenvalue weighted by molar-refractivity contribution is 6.20. The first-order valence-electron chi connectivity index (χ1n) is 7.40. The lowest BCUT2D eigenvalue weighted by Gasteiger charge is -2.17.